The molecule has 0 spiro atoms. The molecule has 0 aliphatic heterocycles. The topological polar surface area (TPSA) is 55.8 Å². The van der Waals surface area contributed by atoms with Crippen molar-refractivity contribution >= 4 is 34.7 Å². The van der Waals surface area contributed by atoms with Gasteiger partial charge in [-0.05, 0) is 18.1 Å². The van der Waals surface area contributed by atoms with E-state index in [2.05, 4.69) is 5.92 Å². The predicted octanol–water partition coefficient (Wildman–Crippen LogP) is 5.07. The summed E-state index contributed by atoms with van der Waals surface area (Å²) in [6, 6.07) is 10.3. The van der Waals surface area contributed by atoms with E-state index in [0.717, 1.165) is 5.56 Å². The van der Waals surface area contributed by atoms with Crippen LogP contribution in [0.5, 0.6) is 11.5 Å². The zero-order chi connectivity index (χ0) is 19.1. The molecule has 0 saturated heterocycles. The number of carboxylic acids is 1. The van der Waals surface area contributed by atoms with Gasteiger partial charge in [-0.1, -0.05) is 59.5 Å². The molecule has 6 heteroatoms. The van der Waals surface area contributed by atoms with Gasteiger partial charge in [0.2, 0.25) is 0 Å². The minimum absolute atomic E-state index is 0.0499. The number of aliphatic carboxylic acids is 1. The highest BCUT2D eigenvalue weighted by Gasteiger charge is 2.15. The first kappa shape index (κ1) is 19.7. The minimum atomic E-state index is -0.999. The van der Waals surface area contributed by atoms with Crippen molar-refractivity contribution in [2.24, 2.45) is 0 Å². The molecule has 134 valence electrons. The molecular weight excluding hydrogens is 375 g/mol. The van der Waals surface area contributed by atoms with Crippen LogP contribution in [0.4, 0.5) is 0 Å². The van der Waals surface area contributed by atoms with Crippen molar-refractivity contribution in [1.29, 1.82) is 0 Å². The molecule has 4 nitrogen and oxygen atoms in total. The van der Waals surface area contributed by atoms with Crippen LogP contribution in [0.25, 0.3) is 5.57 Å². The molecule has 1 N–H and O–H groups in total. The Labute approximate surface area is 162 Å². The van der Waals surface area contributed by atoms with Gasteiger partial charge < -0.3 is 14.6 Å². The standard InChI is InChI=1S/C20H16Cl2O4/c1-3-9-25-19-17(21)10-14(11-18(19)22)26-12-13-7-5-6-8-16(13)15(4-2)20(23)24/h1,4-8,10-11H,9,12H2,2H3,(H,23,24)/b15-4+. The van der Waals surface area contributed by atoms with Crippen LogP contribution in [0, 0.1) is 12.3 Å². The number of terminal acetylenes is 1. The Morgan fingerprint density at radius 2 is 1.88 bits per heavy atom. The number of ether oxygens (including phenoxy) is 2. The molecule has 2 aromatic rings. The summed E-state index contributed by atoms with van der Waals surface area (Å²) >= 11 is 12.3. The molecule has 0 heterocycles. The largest absolute Gasteiger partial charge is 0.489 e. The summed E-state index contributed by atoms with van der Waals surface area (Å²) in [6.45, 7) is 1.88. The normalized spacial score (nSPS) is 10.9. The van der Waals surface area contributed by atoms with Crippen molar-refractivity contribution in [3.63, 3.8) is 0 Å². The third-order valence-electron chi connectivity index (χ3n) is 3.49. The van der Waals surface area contributed by atoms with Crippen molar-refractivity contribution in [3.8, 4) is 23.8 Å². The molecule has 0 amide bonds. The SMILES string of the molecule is C#CCOc1c(Cl)cc(OCc2ccccc2/C(=C\C)C(=O)O)cc1Cl. The molecule has 0 aromatic heterocycles. The summed E-state index contributed by atoms with van der Waals surface area (Å²) in [4.78, 5) is 11.4. The maximum atomic E-state index is 11.4. The lowest BCUT2D eigenvalue weighted by atomic mass is 10.00. The Balaban J connectivity index is 2.23. The van der Waals surface area contributed by atoms with E-state index >= 15 is 0 Å². The number of rotatable bonds is 7. The number of carboxylic acid groups (broad SMARTS) is 1. The van der Waals surface area contributed by atoms with E-state index in [4.69, 9.17) is 39.1 Å². The van der Waals surface area contributed by atoms with Gasteiger partial charge in [0.15, 0.2) is 5.75 Å². The summed E-state index contributed by atoms with van der Waals surface area (Å²) in [5.41, 5.74) is 1.52. The number of benzene rings is 2. The van der Waals surface area contributed by atoms with Gasteiger partial charge in [0.05, 0.1) is 15.6 Å². The molecule has 0 atom stereocenters. The Kier molecular flexibility index (Phi) is 6.97. The van der Waals surface area contributed by atoms with E-state index in [1.807, 2.05) is 6.07 Å². The van der Waals surface area contributed by atoms with Crippen LogP contribution in [0.1, 0.15) is 18.1 Å². The molecular formula is C20H16Cl2O4. The first-order chi connectivity index (χ1) is 12.5. The maximum Gasteiger partial charge on any atom is 0.335 e. The van der Waals surface area contributed by atoms with Gasteiger partial charge in [-0.3, -0.25) is 0 Å². The van der Waals surface area contributed by atoms with Gasteiger partial charge >= 0.3 is 5.97 Å². The number of allylic oxidation sites excluding steroid dienone is 1. The second-order valence-electron chi connectivity index (χ2n) is 5.16. The van der Waals surface area contributed by atoms with Crippen molar-refractivity contribution in [1.82, 2.24) is 0 Å². The molecule has 0 bridgehead atoms. The summed E-state index contributed by atoms with van der Waals surface area (Å²) in [5, 5.41) is 9.89. The summed E-state index contributed by atoms with van der Waals surface area (Å²) < 4.78 is 11.0. The molecule has 0 fully saturated rings. The average molecular weight is 391 g/mol. The molecule has 0 aliphatic rings. The monoisotopic (exact) mass is 390 g/mol. The predicted molar refractivity (Wildman–Crippen MR) is 103 cm³/mol. The lowest BCUT2D eigenvalue weighted by Crippen LogP contribution is -2.05. The second kappa shape index (κ2) is 9.19. The lowest BCUT2D eigenvalue weighted by Gasteiger charge is -2.13. The lowest BCUT2D eigenvalue weighted by molar-refractivity contribution is -0.130. The van der Waals surface area contributed by atoms with Crippen LogP contribution in [-0.2, 0) is 11.4 Å². The van der Waals surface area contributed by atoms with Gasteiger partial charge in [-0.15, -0.1) is 6.42 Å². The zero-order valence-corrected chi connectivity index (χ0v) is 15.5. The number of hydrogen-bond acceptors (Lipinski definition) is 3. The number of halogens is 2. The van der Waals surface area contributed by atoms with Gasteiger partial charge in [-0.25, -0.2) is 4.79 Å². The third-order valence-corrected chi connectivity index (χ3v) is 4.05. The van der Waals surface area contributed by atoms with E-state index in [9.17, 15) is 9.90 Å². The van der Waals surface area contributed by atoms with Crippen molar-refractivity contribution in [2.45, 2.75) is 13.5 Å². The first-order valence-corrected chi connectivity index (χ1v) is 8.39. The molecule has 0 saturated carbocycles. The first-order valence-electron chi connectivity index (χ1n) is 7.64. The van der Waals surface area contributed by atoms with Crippen LogP contribution in [-0.4, -0.2) is 17.7 Å². The van der Waals surface area contributed by atoms with E-state index in [-0.39, 0.29) is 28.8 Å². The average Bonchev–Trinajstić information content (AvgIpc) is 2.60. The van der Waals surface area contributed by atoms with Crippen molar-refractivity contribution < 1.29 is 19.4 Å². The molecule has 0 radical (unpaired) electrons. The van der Waals surface area contributed by atoms with E-state index in [1.54, 1.807) is 43.3 Å². The van der Waals surface area contributed by atoms with E-state index in [1.165, 1.54) is 0 Å². The molecule has 0 unspecified atom stereocenters. The van der Waals surface area contributed by atoms with Crippen LogP contribution >= 0.6 is 23.2 Å². The Morgan fingerprint density at radius 3 is 2.46 bits per heavy atom. The summed E-state index contributed by atoms with van der Waals surface area (Å²) in [7, 11) is 0. The highest BCUT2D eigenvalue weighted by Crippen LogP contribution is 2.37. The summed E-state index contributed by atoms with van der Waals surface area (Å²) in [6.07, 6.45) is 6.71. The zero-order valence-electron chi connectivity index (χ0n) is 14.0. The highest BCUT2D eigenvalue weighted by molar-refractivity contribution is 6.37. The molecule has 26 heavy (non-hydrogen) atoms. The molecule has 2 rings (SSSR count). The van der Waals surface area contributed by atoms with Crippen LogP contribution in [0.15, 0.2) is 42.5 Å². The number of hydrogen-bond donors (Lipinski definition) is 1. The van der Waals surface area contributed by atoms with Crippen molar-refractivity contribution in [3.05, 3.63) is 63.6 Å². The summed E-state index contributed by atoms with van der Waals surface area (Å²) in [5.74, 6) is 2.06. The Morgan fingerprint density at radius 1 is 1.23 bits per heavy atom. The molecule has 0 aliphatic carbocycles. The fourth-order valence-corrected chi connectivity index (χ4v) is 2.91. The fraction of sp³-hybridized carbons (Fsp3) is 0.150. The van der Waals surface area contributed by atoms with Crippen LogP contribution in [0.3, 0.4) is 0 Å². The van der Waals surface area contributed by atoms with Gasteiger partial charge in [-0.2, -0.15) is 0 Å². The van der Waals surface area contributed by atoms with Crippen LogP contribution in [0.2, 0.25) is 10.0 Å². The Bertz CT molecular complexity index is 859. The van der Waals surface area contributed by atoms with Gasteiger partial charge in [0.25, 0.3) is 0 Å². The maximum absolute atomic E-state index is 11.4. The minimum Gasteiger partial charge on any atom is -0.489 e. The number of carbonyl (C=O) groups is 1. The smallest absolute Gasteiger partial charge is 0.335 e. The second-order valence-corrected chi connectivity index (χ2v) is 5.98. The van der Waals surface area contributed by atoms with E-state index in [0.29, 0.717) is 17.1 Å². The molecule has 2 aromatic carbocycles. The van der Waals surface area contributed by atoms with Crippen LogP contribution < -0.4 is 9.47 Å². The Hall–Kier alpha value is -2.61. The fourth-order valence-electron chi connectivity index (χ4n) is 2.34. The van der Waals surface area contributed by atoms with Crippen molar-refractivity contribution in [2.75, 3.05) is 6.61 Å². The highest BCUT2D eigenvalue weighted by atomic mass is 35.5. The third kappa shape index (κ3) is 4.72. The quantitative estimate of drug-likeness (QED) is 0.529. The van der Waals surface area contributed by atoms with Gasteiger partial charge in [0, 0.05) is 12.1 Å². The van der Waals surface area contributed by atoms with Gasteiger partial charge in [0.1, 0.15) is 19.0 Å². The van der Waals surface area contributed by atoms with E-state index < -0.39 is 5.97 Å².